The number of hydrogen-bond acceptors (Lipinski definition) is 5. The molecule has 0 amide bonds. The van der Waals surface area contributed by atoms with Gasteiger partial charge in [-0.15, -0.1) is 0 Å². The normalized spacial score (nSPS) is 10.8. The quantitative estimate of drug-likeness (QED) is 0.769. The van der Waals surface area contributed by atoms with Gasteiger partial charge < -0.3 is 11.1 Å². The van der Waals surface area contributed by atoms with E-state index in [0.29, 0.717) is 28.9 Å². The van der Waals surface area contributed by atoms with Crippen molar-refractivity contribution in [1.29, 1.82) is 0 Å². The van der Waals surface area contributed by atoms with Crippen LogP contribution in [0.15, 0.2) is 36.5 Å². The molecule has 2 heterocycles. The first-order chi connectivity index (χ1) is 11.1. The predicted molar refractivity (Wildman–Crippen MR) is 91.3 cm³/mol. The van der Waals surface area contributed by atoms with E-state index in [1.807, 2.05) is 44.2 Å². The number of hydrogen-bond donors (Lipinski definition) is 2. The summed E-state index contributed by atoms with van der Waals surface area (Å²) in [6.07, 6.45) is 1.66. The van der Waals surface area contributed by atoms with E-state index in [1.165, 1.54) is 0 Å². The standard InChI is InChI=1S/C16H17ClN6/c1-10-7-11(2)23(22-10)16-14(8-18)19-9-15(21-16)20-13-5-3-12(17)4-6-13/h3-7,9H,8,18H2,1-2H3,(H,20,21). The molecule has 0 fully saturated rings. The molecule has 1 aromatic carbocycles. The molecule has 3 rings (SSSR count). The van der Waals surface area contributed by atoms with Crippen molar-refractivity contribution in [2.75, 3.05) is 5.32 Å². The number of nitrogens with two attached hydrogens (primary N) is 1. The molecule has 3 N–H and O–H groups in total. The number of rotatable bonds is 4. The molecule has 0 radical (unpaired) electrons. The number of halogens is 1. The molecule has 23 heavy (non-hydrogen) atoms. The minimum Gasteiger partial charge on any atom is -0.339 e. The largest absolute Gasteiger partial charge is 0.339 e. The highest BCUT2D eigenvalue weighted by molar-refractivity contribution is 6.30. The monoisotopic (exact) mass is 328 g/mol. The van der Waals surface area contributed by atoms with E-state index in [0.717, 1.165) is 17.1 Å². The zero-order valence-corrected chi connectivity index (χ0v) is 13.7. The fourth-order valence-electron chi connectivity index (χ4n) is 2.30. The van der Waals surface area contributed by atoms with E-state index in [1.54, 1.807) is 10.9 Å². The zero-order chi connectivity index (χ0) is 16.4. The number of aromatic nitrogens is 4. The van der Waals surface area contributed by atoms with E-state index >= 15 is 0 Å². The van der Waals surface area contributed by atoms with Gasteiger partial charge in [-0.1, -0.05) is 11.6 Å². The number of nitrogens with zero attached hydrogens (tertiary/aromatic N) is 4. The molecule has 0 saturated heterocycles. The third-order valence-electron chi connectivity index (χ3n) is 3.35. The molecule has 7 heteroatoms. The van der Waals surface area contributed by atoms with Gasteiger partial charge in [-0.2, -0.15) is 5.10 Å². The van der Waals surface area contributed by atoms with Gasteiger partial charge in [0.05, 0.1) is 17.6 Å². The lowest BCUT2D eigenvalue weighted by Gasteiger charge is -2.11. The Bertz CT molecular complexity index is 825. The third kappa shape index (κ3) is 3.33. The van der Waals surface area contributed by atoms with Crippen molar-refractivity contribution < 1.29 is 0 Å². The van der Waals surface area contributed by atoms with Crippen molar-refractivity contribution >= 4 is 23.1 Å². The summed E-state index contributed by atoms with van der Waals surface area (Å²) in [5.74, 6) is 1.25. The Morgan fingerprint density at radius 2 is 1.96 bits per heavy atom. The number of anilines is 2. The van der Waals surface area contributed by atoms with Crippen molar-refractivity contribution in [3.8, 4) is 5.82 Å². The smallest absolute Gasteiger partial charge is 0.178 e. The van der Waals surface area contributed by atoms with Crippen molar-refractivity contribution in [1.82, 2.24) is 19.7 Å². The molecule has 3 aromatic rings. The van der Waals surface area contributed by atoms with E-state index in [4.69, 9.17) is 17.3 Å². The van der Waals surface area contributed by atoms with Crippen LogP contribution in [0.4, 0.5) is 11.5 Å². The first-order valence-corrected chi connectivity index (χ1v) is 7.57. The molecule has 0 saturated carbocycles. The minimum atomic E-state index is 0.294. The van der Waals surface area contributed by atoms with Gasteiger partial charge in [0, 0.05) is 22.9 Å². The van der Waals surface area contributed by atoms with Gasteiger partial charge in [-0.3, -0.25) is 4.98 Å². The van der Waals surface area contributed by atoms with Gasteiger partial charge in [0.1, 0.15) is 0 Å². The molecule has 0 aliphatic carbocycles. The fraction of sp³-hybridized carbons (Fsp3) is 0.188. The van der Waals surface area contributed by atoms with Crippen LogP contribution in [0.25, 0.3) is 5.82 Å². The second-order valence-corrected chi connectivity index (χ2v) is 5.64. The molecule has 0 unspecified atom stereocenters. The Hall–Kier alpha value is -2.44. The van der Waals surface area contributed by atoms with Crippen LogP contribution in [-0.2, 0) is 6.54 Å². The maximum atomic E-state index is 5.90. The van der Waals surface area contributed by atoms with Crippen molar-refractivity contribution in [2.45, 2.75) is 20.4 Å². The first kappa shape index (κ1) is 15.5. The van der Waals surface area contributed by atoms with E-state index in [2.05, 4.69) is 20.4 Å². The van der Waals surface area contributed by atoms with Crippen LogP contribution in [0.2, 0.25) is 5.02 Å². The van der Waals surface area contributed by atoms with Crippen molar-refractivity contribution in [3.63, 3.8) is 0 Å². The highest BCUT2D eigenvalue weighted by Gasteiger charge is 2.12. The molecule has 0 spiro atoms. The van der Waals surface area contributed by atoms with Gasteiger partial charge >= 0.3 is 0 Å². The maximum absolute atomic E-state index is 5.90. The highest BCUT2D eigenvalue weighted by Crippen LogP contribution is 2.20. The number of aryl methyl sites for hydroxylation is 2. The summed E-state index contributed by atoms with van der Waals surface area (Å²) in [4.78, 5) is 9.02. The Morgan fingerprint density at radius 1 is 1.22 bits per heavy atom. The number of nitrogens with one attached hydrogen (secondary N) is 1. The summed E-state index contributed by atoms with van der Waals surface area (Å²) in [5, 5.41) is 8.35. The lowest BCUT2D eigenvalue weighted by molar-refractivity contribution is 0.775. The predicted octanol–water partition coefficient (Wildman–Crippen LogP) is 3.13. The summed E-state index contributed by atoms with van der Waals surface area (Å²) in [7, 11) is 0. The lowest BCUT2D eigenvalue weighted by Crippen LogP contribution is -2.12. The molecule has 0 aliphatic rings. The third-order valence-corrected chi connectivity index (χ3v) is 3.60. The van der Waals surface area contributed by atoms with E-state index in [9.17, 15) is 0 Å². The lowest BCUT2D eigenvalue weighted by atomic mass is 10.3. The van der Waals surface area contributed by atoms with E-state index in [-0.39, 0.29) is 0 Å². The van der Waals surface area contributed by atoms with Crippen LogP contribution in [-0.4, -0.2) is 19.7 Å². The van der Waals surface area contributed by atoms with Crippen LogP contribution in [0.1, 0.15) is 17.1 Å². The first-order valence-electron chi connectivity index (χ1n) is 7.19. The van der Waals surface area contributed by atoms with Crippen LogP contribution >= 0.6 is 11.6 Å². The minimum absolute atomic E-state index is 0.294. The molecular weight excluding hydrogens is 312 g/mol. The average molecular weight is 329 g/mol. The Labute approximate surface area is 139 Å². The van der Waals surface area contributed by atoms with Crippen LogP contribution < -0.4 is 11.1 Å². The second-order valence-electron chi connectivity index (χ2n) is 5.20. The summed E-state index contributed by atoms with van der Waals surface area (Å²) in [5.41, 5.74) is 9.26. The fourth-order valence-corrected chi connectivity index (χ4v) is 2.43. The molecule has 0 aliphatic heterocycles. The molecule has 0 atom stereocenters. The highest BCUT2D eigenvalue weighted by atomic mass is 35.5. The average Bonchev–Trinajstić information content (AvgIpc) is 2.88. The van der Waals surface area contributed by atoms with Crippen LogP contribution in [0.3, 0.4) is 0 Å². The van der Waals surface area contributed by atoms with Gasteiger partial charge in [-0.25, -0.2) is 9.67 Å². The van der Waals surface area contributed by atoms with Crippen LogP contribution in [0, 0.1) is 13.8 Å². The molecule has 2 aromatic heterocycles. The van der Waals surface area contributed by atoms with Crippen molar-refractivity contribution in [2.24, 2.45) is 5.73 Å². The maximum Gasteiger partial charge on any atom is 0.178 e. The molecule has 0 bridgehead atoms. The van der Waals surface area contributed by atoms with Gasteiger partial charge in [0.2, 0.25) is 0 Å². The summed E-state index contributed by atoms with van der Waals surface area (Å²) >= 11 is 5.90. The van der Waals surface area contributed by atoms with Crippen LogP contribution in [0.5, 0.6) is 0 Å². The number of benzene rings is 1. The Balaban J connectivity index is 1.99. The topological polar surface area (TPSA) is 81.7 Å². The summed E-state index contributed by atoms with van der Waals surface area (Å²) in [6, 6.07) is 9.37. The van der Waals surface area contributed by atoms with Gasteiger partial charge in [0.25, 0.3) is 0 Å². The molecule has 6 nitrogen and oxygen atoms in total. The second kappa shape index (κ2) is 6.36. The van der Waals surface area contributed by atoms with Gasteiger partial charge in [-0.05, 0) is 44.2 Å². The summed E-state index contributed by atoms with van der Waals surface area (Å²) in [6.45, 7) is 4.21. The molecule has 118 valence electrons. The zero-order valence-electron chi connectivity index (χ0n) is 12.9. The SMILES string of the molecule is Cc1cc(C)n(-c2nc(Nc3ccc(Cl)cc3)cnc2CN)n1. The Kier molecular flexibility index (Phi) is 4.27. The summed E-state index contributed by atoms with van der Waals surface area (Å²) < 4.78 is 1.76. The molecular formula is C16H17ClN6. The van der Waals surface area contributed by atoms with E-state index < -0.39 is 0 Å². The van der Waals surface area contributed by atoms with Crippen molar-refractivity contribution in [3.05, 3.63) is 58.6 Å². The van der Waals surface area contributed by atoms with Gasteiger partial charge in [0.15, 0.2) is 11.6 Å². The Morgan fingerprint density at radius 3 is 2.57 bits per heavy atom.